The van der Waals surface area contributed by atoms with E-state index in [0.717, 1.165) is 12.1 Å². The van der Waals surface area contributed by atoms with E-state index in [2.05, 4.69) is 12.2 Å². The van der Waals surface area contributed by atoms with Gasteiger partial charge in [0.15, 0.2) is 0 Å². The summed E-state index contributed by atoms with van der Waals surface area (Å²) in [5.74, 6) is -1.06. The zero-order chi connectivity index (χ0) is 14.5. The maximum Gasteiger partial charge on any atom is 0.248 e. The first-order valence-corrected chi connectivity index (χ1v) is 6.51. The molecule has 0 spiro atoms. The number of nitrogens with one attached hydrogen (secondary N) is 1. The minimum atomic E-state index is -0.626. The molecule has 0 heterocycles. The lowest BCUT2D eigenvalue weighted by Gasteiger charge is -2.09. The third-order valence-corrected chi connectivity index (χ3v) is 3.18. The number of hydrogen-bond donors (Lipinski definition) is 2. The molecule has 2 aromatic carbocycles. The number of nitrogens with two attached hydrogens (primary N) is 1. The molecule has 104 valence electrons. The van der Waals surface area contributed by atoms with Crippen LogP contribution >= 0.6 is 0 Å². The van der Waals surface area contributed by atoms with Crippen LogP contribution in [0.15, 0.2) is 42.5 Å². The maximum atomic E-state index is 13.8. The molecule has 0 saturated heterocycles. The summed E-state index contributed by atoms with van der Waals surface area (Å²) in [7, 11) is 0. The van der Waals surface area contributed by atoms with Crippen LogP contribution in [0.25, 0.3) is 0 Å². The van der Waals surface area contributed by atoms with Gasteiger partial charge in [-0.25, -0.2) is 4.39 Å². The quantitative estimate of drug-likeness (QED) is 0.878. The highest BCUT2D eigenvalue weighted by Crippen LogP contribution is 2.14. The Balaban J connectivity index is 2.04. The number of anilines is 1. The Bertz CT molecular complexity index is 608. The van der Waals surface area contributed by atoms with Crippen molar-refractivity contribution in [1.82, 2.24) is 0 Å². The molecule has 0 radical (unpaired) electrons. The van der Waals surface area contributed by atoms with E-state index in [1.165, 1.54) is 17.7 Å². The highest BCUT2D eigenvalue weighted by molar-refractivity contribution is 5.92. The zero-order valence-corrected chi connectivity index (χ0v) is 11.3. The van der Waals surface area contributed by atoms with E-state index in [0.29, 0.717) is 12.1 Å². The lowest BCUT2D eigenvalue weighted by atomic mass is 10.1. The van der Waals surface area contributed by atoms with Gasteiger partial charge in [-0.2, -0.15) is 0 Å². The fourth-order valence-corrected chi connectivity index (χ4v) is 1.90. The monoisotopic (exact) mass is 272 g/mol. The summed E-state index contributed by atoms with van der Waals surface area (Å²) >= 11 is 0. The molecule has 0 atom stereocenters. The SMILES string of the molecule is CCc1ccc(NCc2ccc(C(N)=O)cc2F)cc1. The lowest BCUT2D eigenvalue weighted by molar-refractivity contribution is 0.1000. The average molecular weight is 272 g/mol. The van der Waals surface area contributed by atoms with Gasteiger partial charge >= 0.3 is 0 Å². The van der Waals surface area contributed by atoms with E-state index in [4.69, 9.17) is 5.73 Å². The van der Waals surface area contributed by atoms with Crippen molar-refractivity contribution in [2.24, 2.45) is 5.73 Å². The molecule has 2 rings (SSSR count). The minimum Gasteiger partial charge on any atom is -0.381 e. The van der Waals surface area contributed by atoms with Crippen LogP contribution in [0.1, 0.15) is 28.4 Å². The molecule has 0 saturated carbocycles. The Morgan fingerprint density at radius 3 is 2.45 bits per heavy atom. The van der Waals surface area contributed by atoms with Gasteiger partial charge in [-0.15, -0.1) is 0 Å². The second-order valence-corrected chi connectivity index (χ2v) is 4.57. The van der Waals surface area contributed by atoms with Crippen LogP contribution < -0.4 is 11.1 Å². The fraction of sp³-hybridized carbons (Fsp3) is 0.188. The predicted octanol–water partition coefficient (Wildman–Crippen LogP) is 3.10. The summed E-state index contributed by atoms with van der Waals surface area (Å²) in [6.45, 7) is 2.45. The van der Waals surface area contributed by atoms with Crippen molar-refractivity contribution in [3.8, 4) is 0 Å². The van der Waals surface area contributed by atoms with E-state index in [1.807, 2.05) is 24.3 Å². The van der Waals surface area contributed by atoms with Gasteiger partial charge in [-0.3, -0.25) is 4.79 Å². The smallest absolute Gasteiger partial charge is 0.248 e. The van der Waals surface area contributed by atoms with Crippen LogP contribution in [0, 0.1) is 5.82 Å². The predicted molar refractivity (Wildman–Crippen MR) is 78.1 cm³/mol. The molecule has 3 nitrogen and oxygen atoms in total. The lowest BCUT2D eigenvalue weighted by Crippen LogP contribution is -2.12. The number of amides is 1. The molecule has 2 aromatic rings. The molecule has 0 aliphatic rings. The van der Waals surface area contributed by atoms with Gasteiger partial charge < -0.3 is 11.1 Å². The molecule has 4 heteroatoms. The Labute approximate surface area is 117 Å². The van der Waals surface area contributed by atoms with Crippen LogP contribution in [-0.4, -0.2) is 5.91 Å². The zero-order valence-electron chi connectivity index (χ0n) is 11.3. The number of primary amides is 1. The Morgan fingerprint density at radius 1 is 1.20 bits per heavy atom. The largest absolute Gasteiger partial charge is 0.381 e. The number of benzene rings is 2. The van der Waals surface area contributed by atoms with Crippen molar-refractivity contribution in [3.05, 3.63) is 65.0 Å². The normalized spacial score (nSPS) is 10.3. The van der Waals surface area contributed by atoms with E-state index in [-0.39, 0.29) is 5.56 Å². The van der Waals surface area contributed by atoms with Gasteiger partial charge in [0.1, 0.15) is 5.82 Å². The first kappa shape index (κ1) is 14.1. The summed E-state index contributed by atoms with van der Waals surface area (Å²) in [5.41, 5.74) is 7.97. The Hall–Kier alpha value is -2.36. The Morgan fingerprint density at radius 2 is 1.90 bits per heavy atom. The second kappa shape index (κ2) is 6.19. The number of carbonyl (C=O) groups excluding carboxylic acids is 1. The number of halogens is 1. The van der Waals surface area contributed by atoms with Crippen LogP contribution in [-0.2, 0) is 13.0 Å². The number of rotatable bonds is 5. The van der Waals surface area contributed by atoms with Crippen molar-refractivity contribution in [2.75, 3.05) is 5.32 Å². The van der Waals surface area contributed by atoms with Crippen LogP contribution in [0.3, 0.4) is 0 Å². The molecule has 0 unspecified atom stereocenters. The third-order valence-electron chi connectivity index (χ3n) is 3.18. The number of hydrogen-bond acceptors (Lipinski definition) is 2. The maximum absolute atomic E-state index is 13.8. The van der Waals surface area contributed by atoms with E-state index in [1.54, 1.807) is 6.07 Å². The minimum absolute atomic E-state index is 0.179. The Kier molecular flexibility index (Phi) is 4.35. The van der Waals surface area contributed by atoms with E-state index >= 15 is 0 Å². The molecule has 0 aliphatic heterocycles. The van der Waals surface area contributed by atoms with Gasteiger partial charge in [-0.1, -0.05) is 25.1 Å². The first-order chi connectivity index (χ1) is 9.60. The molecule has 20 heavy (non-hydrogen) atoms. The van der Waals surface area contributed by atoms with Gasteiger partial charge in [0.25, 0.3) is 0 Å². The van der Waals surface area contributed by atoms with Crippen LogP contribution in [0.4, 0.5) is 10.1 Å². The van der Waals surface area contributed by atoms with Gasteiger partial charge in [-0.05, 0) is 36.2 Å². The summed E-state index contributed by atoms with van der Waals surface area (Å²) in [5, 5.41) is 3.15. The summed E-state index contributed by atoms with van der Waals surface area (Å²) in [4.78, 5) is 10.9. The first-order valence-electron chi connectivity index (χ1n) is 6.51. The van der Waals surface area contributed by atoms with Crippen molar-refractivity contribution >= 4 is 11.6 Å². The van der Waals surface area contributed by atoms with Gasteiger partial charge in [0.2, 0.25) is 5.91 Å². The van der Waals surface area contributed by atoms with E-state index < -0.39 is 11.7 Å². The fourth-order valence-electron chi connectivity index (χ4n) is 1.90. The molecule has 1 amide bonds. The number of carbonyl (C=O) groups is 1. The van der Waals surface area contributed by atoms with Gasteiger partial charge in [0.05, 0.1) is 0 Å². The standard InChI is InChI=1S/C16H17FN2O/c1-2-11-3-7-14(8-4-11)19-10-13-6-5-12(16(18)20)9-15(13)17/h3-9,19H,2,10H2,1H3,(H2,18,20). The summed E-state index contributed by atoms with van der Waals surface area (Å²) in [6, 6.07) is 12.3. The molecule has 0 fully saturated rings. The summed E-state index contributed by atoms with van der Waals surface area (Å²) < 4.78 is 13.8. The van der Waals surface area contributed by atoms with Crippen LogP contribution in [0.5, 0.6) is 0 Å². The molecule has 0 aromatic heterocycles. The number of aryl methyl sites for hydroxylation is 1. The third kappa shape index (κ3) is 3.35. The van der Waals surface area contributed by atoms with Crippen molar-refractivity contribution in [3.63, 3.8) is 0 Å². The topological polar surface area (TPSA) is 55.1 Å². The molecular weight excluding hydrogens is 255 g/mol. The molecule has 0 bridgehead atoms. The van der Waals surface area contributed by atoms with Crippen LogP contribution in [0.2, 0.25) is 0 Å². The molecule has 0 aliphatic carbocycles. The van der Waals surface area contributed by atoms with Crippen molar-refractivity contribution in [2.45, 2.75) is 19.9 Å². The molecular formula is C16H17FN2O. The molecule has 3 N–H and O–H groups in total. The average Bonchev–Trinajstić information content (AvgIpc) is 2.46. The van der Waals surface area contributed by atoms with E-state index in [9.17, 15) is 9.18 Å². The van der Waals surface area contributed by atoms with Gasteiger partial charge in [0, 0.05) is 23.4 Å². The van der Waals surface area contributed by atoms with Crippen molar-refractivity contribution in [1.29, 1.82) is 0 Å². The highest BCUT2D eigenvalue weighted by Gasteiger charge is 2.06. The van der Waals surface area contributed by atoms with Crippen molar-refractivity contribution < 1.29 is 9.18 Å². The second-order valence-electron chi connectivity index (χ2n) is 4.57. The summed E-state index contributed by atoms with van der Waals surface area (Å²) in [6.07, 6.45) is 0.990. The highest BCUT2D eigenvalue weighted by atomic mass is 19.1.